The van der Waals surface area contributed by atoms with E-state index in [9.17, 15) is 10.0 Å². The molecule has 1 aliphatic heterocycles. The molecule has 90 valence electrons. The number of carbonyl (C=O) groups excluding carboxylic acids is 1. The predicted octanol–water partition coefficient (Wildman–Crippen LogP) is 2.93. The zero-order valence-electron chi connectivity index (χ0n) is 10.00. The van der Waals surface area contributed by atoms with E-state index in [1.165, 1.54) is 0 Å². The van der Waals surface area contributed by atoms with Gasteiger partial charge in [-0.25, -0.2) is 5.06 Å². The van der Waals surface area contributed by atoms with Crippen LogP contribution >= 0.6 is 0 Å². The number of hydrogen-bond acceptors (Lipinski definition) is 2. The van der Waals surface area contributed by atoms with Gasteiger partial charge in [0.1, 0.15) is 6.04 Å². The van der Waals surface area contributed by atoms with Crippen LogP contribution in [0.1, 0.15) is 33.1 Å². The molecule has 2 aromatic carbocycles. The van der Waals surface area contributed by atoms with Crippen LogP contribution < -0.4 is 0 Å². The van der Waals surface area contributed by atoms with Gasteiger partial charge in [0.2, 0.25) is 0 Å². The van der Waals surface area contributed by atoms with Crippen molar-refractivity contribution in [3.8, 4) is 0 Å². The summed E-state index contributed by atoms with van der Waals surface area (Å²) < 4.78 is 0. The Morgan fingerprint density at radius 1 is 1.11 bits per heavy atom. The molecule has 3 rings (SSSR count). The smallest absolute Gasteiger partial charge is 0.278 e. The van der Waals surface area contributed by atoms with Crippen molar-refractivity contribution in [2.24, 2.45) is 0 Å². The number of nitrogens with zero attached hydrogens (tertiary/aromatic N) is 1. The fourth-order valence-electron chi connectivity index (χ4n) is 2.42. The number of hydrogen-bond donors (Lipinski definition) is 1. The quantitative estimate of drug-likeness (QED) is 0.777. The zero-order chi connectivity index (χ0) is 12.7. The molecule has 18 heavy (non-hydrogen) atoms. The maximum atomic E-state index is 12.0. The third kappa shape index (κ3) is 1.52. The van der Waals surface area contributed by atoms with E-state index in [1.54, 1.807) is 0 Å². The summed E-state index contributed by atoms with van der Waals surface area (Å²) in [6, 6.07) is 14.8. The van der Waals surface area contributed by atoms with Crippen LogP contribution in [0, 0.1) is 6.92 Å². The highest BCUT2D eigenvalue weighted by Gasteiger charge is 2.36. The summed E-state index contributed by atoms with van der Waals surface area (Å²) >= 11 is 0. The normalized spacial score (nSPS) is 18.0. The van der Waals surface area contributed by atoms with E-state index < -0.39 is 6.04 Å². The van der Waals surface area contributed by atoms with Crippen molar-refractivity contribution in [3.63, 3.8) is 0 Å². The average molecular weight is 239 g/mol. The summed E-state index contributed by atoms with van der Waals surface area (Å²) in [5, 5.41) is 10.8. The van der Waals surface area contributed by atoms with E-state index >= 15 is 0 Å². The minimum absolute atomic E-state index is 0.331. The Morgan fingerprint density at radius 2 is 1.83 bits per heavy atom. The second kappa shape index (κ2) is 3.96. The Morgan fingerprint density at radius 3 is 2.56 bits per heavy atom. The van der Waals surface area contributed by atoms with Crippen LogP contribution in [0.25, 0.3) is 0 Å². The van der Waals surface area contributed by atoms with Crippen molar-refractivity contribution in [3.05, 3.63) is 70.8 Å². The summed E-state index contributed by atoms with van der Waals surface area (Å²) in [5.74, 6) is -0.331. The summed E-state index contributed by atoms with van der Waals surface area (Å²) in [7, 11) is 0. The van der Waals surface area contributed by atoms with Crippen molar-refractivity contribution >= 4 is 5.91 Å². The van der Waals surface area contributed by atoms with Crippen LogP contribution in [-0.2, 0) is 0 Å². The molecule has 0 saturated heterocycles. The van der Waals surface area contributed by atoms with Crippen LogP contribution in [0.3, 0.4) is 0 Å². The first-order valence-corrected chi connectivity index (χ1v) is 5.86. The molecule has 1 amide bonds. The molecule has 0 bridgehead atoms. The number of aryl methyl sites for hydroxylation is 1. The molecule has 1 atom stereocenters. The number of hydroxylamine groups is 2. The van der Waals surface area contributed by atoms with Crippen LogP contribution in [0.4, 0.5) is 0 Å². The molecule has 3 heteroatoms. The molecule has 0 saturated carbocycles. The van der Waals surface area contributed by atoms with E-state index in [0.29, 0.717) is 5.56 Å². The highest BCUT2D eigenvalue weighted by atomic mass is 16.5. The fourth-order valence-corrected chi connectivity index (χ4v) is 2.42. The first kappa shape index (κ1) is 11.0. The van der Waals surface area contributed by atoms with Gasteiger partial charge >= 0.3 is 0 Å². The van der Waals surface area contributed by atoms with E-state index in [1.807, 2.05) is 55.5 Å². The van der Waals surface area contributed by atoms with Crippen molar-refractivity contribution in [1.29, 1.82) is 0 Å². The Bertz CT molecular complexity index is 607. The summed E-state index contributed by atoms with van der Waals surface area (Å²) in [6.45, 7) is 1.94. The first-order chi connectivity index (χ1) is 8.68. The van der Waals surface area contributed by atoms with Crippen LogP contribution in [-0.4, -0.2) is 16.2 Å². The van der Waals surface area contributed by atoms with E-state index in [4.69, 9.17) is 0 Å². The molecule has 1 heterocycles. The molecule has 3 nitrogen and oxygen atoms in total. The molecule has 1 N–H and O–H groups in total. The topological polar surface area (TPSA) is 40.5 Å². The lowest BCUT2D eigenvalue weighted by molar-refractivity contribution is -0.0723. The van der Waals surface area contributed by atoms with Crippen molar-refractivity contribution in [2.75, 3.05) is 0 Å². The van der Waals surface area contributed by atoms with Gasteiger partial charge in [0, 0.05) is 5.56 Å². The SMILES string of the molecule is Cc1ccc2c(c1)C(=O)N(O)C2c1ccccc1. The highest BCUT2D eigenvalue weighted by Crippen LogP contribution is 2.37. The minimum Gasteiger partial charge on any atom is -0.285 e. The molecule has 2 aromatic rings. The van der Waals surface area contributed by atoms with Crippen LogP contribution in [0.2, 0.25) is 0 Å². The zero-order valence-corrected chi connectivity index (χ0v) is 10.00. The third-order valence-corrected chi connectivity index (χ3v) is 3.30. The summed E-state index contributed by atoms with van der Waals surface area (Å²) in [6.07, 6.45) is 0. The fraction of sp³-hybridized carbons (Fsp3) is 0.133. The van der Waals surface area contributed by atoms with Gasteiger partial charge in [-0.15, -0.1) is 0 Å². The van der Waals surface area contributed by atoms with Gasteiger partial charge in [-0.1, -0.05) is 48.0 Å². The third-order valence-electron chi connectivity index (χ3n) is 3.30. The maximum Gasteiger partial charge on any atom is 0.278 e. The first-order valence-electron chi connectivity index (χ1n) is 5.86. The largest absolute Gasteiger partial charge is 0.285 e. The Labute approximate surface area is 105 Å². The lowest BCUT2D eigenvalue weighted by Crippen LogP contribution is -2.24. The Hall–Kier alpha value is -2.13. The lowest BCUT2D eigenvalue weighted by atomic mass is 9.97. The number of benzene rings is 2. The lowest BCUT2D eigenvalue weighted by Gasteiger charge is -2.18. The number of carbonyl (C=O) groups is 1. The van der Waals surface area contributed by atoms with Gasteiger partial charge in [0.15, 0.2) is 0 Å². The molecule has 0 aliphatic carbocycles. The molecule has 0 spiro atoms. The van der Waals surface area contributed by atoms with Crippen molar-refractivity contribution in [1.82, 2.24) is 5.06 Å². The number of amides is 1. The van der Waals surface area contributed by atoms with Crippen LogP contribution in [0.15, 0.2) is 48.5 Å². The molecule has 0 fully saturated rings. The molecule has 1 aliphatic rings. The standard InChI is InChI=1S/C15H13NO2/c1-10-7-8-12-13(9-10)15(17)16(18)14(12)11-5-3-2-4-6-11/h2-9,14,18H,1H3. The van der Waals surface area contributed by atoms with Gasteiger partial charge in [-0.2, -0.15) is 0 Å². The molecule has 0 radical (unpaired) electrons. The summed E-state index contributed by atoms with van der Waals surface area (Å²) in [4.78, 5) is 12.0. The Balaban J connectivity index is 2.16. The maximum absolute atomic E-state index is 12.0. The molecular formula is C15H13NO2. The van der Waals surface area contributed by atoms with Crippen LogP contribution in [0.5, 0.6) is 0 Å². The predicted molar refractivity (Wildman–Crippen MR) is 67.4 cm³/mol. The van der Waals surface area contributed by atoms with Gasteiger partial charge in [0.25, 0.3) is 5.91 Å². The highest BCUT2D eigenvalue weighted by molar-refractivity contribution is 5.99. The molecular weight excluding hydrogens is 226 g/mol. The van der Waals surface area contributed by atoms with Gasteiger partial charge in [0.05, 0.1) is 0 Å². The van der Waals surface area contributed by atoms with E-state index in [0.717, 1.165) is 21.8 Å². The van der Waals surface area contributed by atoms with Crippen molar-refractivity contribution in [2.45, 2.75) is 13.0 Å². The van der Waals surface area contributed by atoms with Gasteiger partial charge < -0.3 is 0 Å². The van der Waals surface area contributed by atoms with Gasteiger partial charge in [-0.3, -0.25) is 10.0 Å². The average Bonchev–Trinajstić information content (AvgIpc) is 2.64. The second-order valence-corrected chi connectivity index (χ2v) is 4.55. The van der Waals surface area contributed by atoms with Gasteiger partial charge in [-0.05, 0) is 24.1 Å². The second-order valence-electron chi connectivity index (χ2n) is 4.55. The van der Waals surface area contributed by atoms with Crippen molar-refractivity contribution < 1.29 is 10.0 Å². The Kier molecular flexibility index (Phi) is 2.42. The molecule has 1 unspecified atom stereocenters. The number of rotatable bonds is 1. The number of fused-ring (bicyclic) bond motifs is 1. The summed E-state index contributed by atoms with van der Waals surface area (Å²) in [5.41, 5.74) is 3.38. The van der Waals surface area contributed by atoms with E-state index in [2.05, 4.69) is 0 Å². The van der Waals surface area contributed by atoms with E-state index in [-0.39, 0.29) is 5.91 Å². The monoisotopic (exact) mass is 239 g/mol. The molecule has 0 aromatic heterocycles. The minimum atomic E-state index is -0.394.